The highest BCUT2D eigenvalue weighted by Crippen LogP contribution is 2.36. The maximum Gasteiger partial charge on any atom is 0.142 e. The number of rotatable bonds is 4. The van der Waals surface area contributed by atoms with Crippen LogP contribution in [0.1, 0.15) is 5.56 Å². The van der Waals surface area contributed by atoms with Crippen molar-refractivity contribution in [3.63, 3.8) is 0 Å². The van der Waals surface area contributed by atoms with Crippen molar-refractivity contribution in [3.05, 3.63) is 66.0 Å². The number of hydrogen-bond acceptors (Lipinski definition) is 3. The van der Waals surface area contributed by atoms with E-state index in [1.54, 1.807) is 18.2 Å². The van der Waals surface area contributed by atoms with Gasteiger partial charge in [0.2, 0.25) is 0 Å². The molecule has 0 aliphatic rings. The summed E-state index contributed by atoms with van der Waals surface area (Å²) in [5.74, 6) is 0.473. The van der Waals surface area contributed by atoms with Gasteiger partial charge in [0.1, 0.15) is 17.9 Å². The van der Waals surface area contributed by atoms with Crippen LogP contribution in [0, 0.1) is 5.82 Å². The number of hydrogen-bond donors (Lipinski definition) is 0. The number of pyridine rings is 1. The van der Waals surface area contributed by atoms with Crippen LogP contribution >= 0.6 is 0 Å². The van der Waals surface area contributed by atoms with Crippen molar-refractivity contribution in [3.8, 4) is 11.1 Å². The zero-order valence-electron chi connectivity index (χ0n) is 13.5. The minimum Gasteiger partial charge on any atom is -0.362 e. The molecule has 0 amide bonds. The Hall–Kier alpha value is -3.01. The summed E-state index contributed by atoms with van der Waals surface area (Å²) in [5, 5.41) is 0.959. The molecule has 0 atom stereocenters. The number of allylic oxidation sites excluding steroid dienone is 1. The number of carbonyl (C=O) groups is 1. The van der Waals surface area contributed by atoms with Gasteiger partial charge >= 0.3 is 0 Å². The predicted molar refractivity (Wildman–Crippen MR) is 96.6 cm³/mol. The fourth-order valence-electron chi connectivity index (χ4n) is 2.78. The van der Waals surface area contributed by atoms with Crippen LogP contribution in [0.15, 0.2) is 54.6 Å². The van der Waals surface area contributed by atoms with Crippen molar-refractivity contribution < 1.29 is 9.18 Å². The normalized spacial score (nSPS) is 11.1. The second kappa shape index (κ2) is 6.62. The standard InChI is InChI=1S/C20H17FN2O/c1-23(2)20-17(7-5-13-24)19(14-9-11-15(21)12-10-14)16-6-3-4-8-18(16)22-20/h3-13H,1-2H3. The molecular weight excluding hydrogens is 303 g/mol. The Bertz CT molecular complexity index is 915. The lowest BCUT2D eigenvalue weighted by molar-refractivity contribution is -0.104. The molecule has 3 aromatic rings. The van der Waals surface area contributed by atoms with Gasteiger partial charge in [0.25, 0.3) is 0 Å². The average Bonchev–Trinajstić information content (AvgIpc) is 2.59. The van der Waals surface area contributed by atoms with Crippen LogP contribution in [-0.2, 0) is 4.79 Å². The molecule has 0 N–H and O–H groups in total. The second-order valence-corrected chi connectivity index (χ2v) is 5.64. The Labute approximate surface area is 140 Å². The number of aromatic nitrogens is 1. The SMILES string of the molecule is CN(C)c1nc2ccccc2c(-c2ccc(F)cc2)c1C=CC=O. The number of para-hydroxylation sites is 1. The molecule has 0 aliphatic carbocycles. The van der Waals surface area contributed by atoms with E-state index in [4.69, 9.17) is 4.98 Å². The maximum absolute atomic E-state index is 13.3. The Kier molecular flexibility index (Phi) is 4.38. The van der Waals surface area contributed by atoms with Gasteiger partial charge in [-0.15, -0.1) is 0 Å². The Morgan fingerprint density at radius 3 is 2.42 bits per heavy atom. The van der Waals surface area contributed by atoms with Crippen LogP contribution in [0.4, 0.5) is 10.2 Å². The van der Waals surface area contributed by atoms with Gasteiger partial charge in [0, 0.05) is 30.6 Å². The van der Waals surface area contributed by atoms with E-state index in [1.165, 1.54) is 18.2 Å². The van der Waals surface area contributed by atoms with Crippen molar-refractivity contribution in [2.24, 2.45) is 0 Å². The largest absolute Gasteiger partial charge is 0.362 e. The van der Waals surface area contributed by atoms with E-state index in [2.05, 4.69) is 0 Å². The molecule has 0 aliphatic heterocycles. The predicted octanol–water partition coefficient (Wildman–Crippen LogP) is 4.32. The number of fused-ring (bicyclic) bond motifs is 1. The Morgan fingerprint density at radius 1 is 1.04 bits per heavy atom. The van der Waals surface area contributed by atoms with Crippen LogP contribution in [0.3, 0.4) is 0 Å². The quantitative estimate of drug-likeness (QED) is 0.530. The molecule has 24 heavy (non-hydrogen) atoms. The fraction of sp³-hybridized carbons (Fsp3) is 0.100. The highest BCUT2D eigenvalue weighted by atomic mass is 19.1. The summed E-state index contributed by atoms with van der Waals surface area (Å²) in [6.45, 7) is 0. The molecule has 0 bridgehead atoms. The number of carbonyl (C=O) groups excluding carboxylic acids is 1. The summed E-state index contributed by atoms with van der Waals surface area (Å²) in [6, 6.07) is 14.2. The van der Waals surface area contributed by atoms with Crippen molar-refractivity contribution in [2.75, 3.05) is 19.0 Å². The maximum atomic E-state index is 13.3. The van der Waals surface area contributed by atoms with E-state index in [0.717, 1.165) is 39.7 Å². The molecule has 4 heteroatoms. The monoisotopic (exact) mass is 320 g/mol. The third-order valence-corrected chi connectivity index (χ3v) is 3.81. The molecule has 3 nitrogen and oxygen atoms in total. The Morgan fingerprint density at radius 2 is 1.75 bits per heavy atom. The zero-order valence-corrected chi connectivity index (χ0v) is 13.5. The van der Waals surface area contributed by atoms with Crippen molar-refractivity contribution in [1.82, 2.24) is 4.98 Å². The first-order chi connectivity index (χ1) is 11.6. The lowest BCUT2D eigenvalue weighted by Crippen LogP contribution is -2.13. The average molecular weight is 320 g/mol. The zero-order chi connectivity index (χ0) is 17.1. The molecule has 1 heterocycles. The number of anilines is 1. The molecule has 0 saturated heterocycles. The van der Waals surface area contributed by atoms with Crippen LogP contribution in [0.25, 0.3) is 28.1 Å². The second-order valence-electron chi connectivity index (χ2n) is 5.64. The van der Waals surface area contributed by atoms with Gasteiger partial charge in [0.15, 0.2) is 0 Å². The van der Waals surface area contributed by atoms with E-state index in [1.807, 2.05) is 43.3 Å². The topological polar surface area (TPSA) is 33.2 Å². The summed E-state index contributed by atoms with van der Waals surface area (Å²) in [5.41, 5.74) is 3.49. The third kappa shape index (κ3) is 2.91. The lowest BCUT2D eigenvalue weighted by Gasteiger charge is -2.20. The number of halogens is 1. The van der Waals surface area contributed by atoms with Crippen molar-refractivity contribution in [1.29, 1.82) is 0 Å². The molecular formula is C20H17FN2O. The van der Waals surface area contributed by atoms with Crippen LogP contribution in [0.2, 0.25) is 0 Å². The lowest BCUT2D eigenvalue weighted by atomic mass is 9.95. The van der Waals surface area contributed by atoms with Crippen molar-refractivity contribution >= 4 is 29.1 Å². The summed E-state index contributed by atoms with van der Waals surface area (Å²) >= 11 is 0. The highest BCUT2D eigenvalue weighted by Gasteiger charge is 2.16. The van der Waals surface area contributed by atoms with Crippen molar-refractivity contribution in [2.45, 2.75) is 0 Å². The first-order valence-electron chi connectivity index (χ1n) is 7.59. The number of aldehydes is 1. The van der Waals surface area contributed by atoms with Crippen LogP contribution in [-0.4, -0.2) is 25.4 Å². The molecule has 0 radical (unpaired) electrons. The number of nitrogens with zero attached hydrogens (tertiary/aromatic N) is 2. The fourth-order valence-corrected chi connectivity index (χ4v) is 2.78. The summed E-state index contributed by atoms with van der Waals surface area (Å²) in [4.78, 5) is 17.5. The van der Waals surface area contributed by atoms with Gasteiger partial charge in [-0.2, -0.15) is 0 Å². The number of benzene rings is 2. The first-order valence-corrected chi connectivity index (χ1v) is 7.59. The molecule has 1 aromatic heterocycles. The summed E-state index contributed by atoms with van der Waals surface area (Å²) in [7, 11) is 3.81. The van der Waals surface area contributed by atoms with Gasteiger partial charge in [-0.3, -0.25) is 4.79 Å². The summed E-state index contributed by atoms with van der Waals surface area (Å²) < 4.78 is 13.3. The van der Waals surface area contributed by atoms with E-state index in [9.17, 15) is 9.18 Å². The molecule has 2 aromatic carbocycles. The summed E-state index contributed by atoms with van der Waals surface area (Å²) in [6.07, 6.45) is 3.94. The molecule has 3 rings (SSSR count). The molecule has 0 spiro atoms. The van der Waals surface area contributed by atoms with Gasteiger partial charge in [-0.1, -0.05) is 30.3 Å². The van der Waals surface area contributed by atoms with E-state index in [-0.39, 0.29) is 5.82 Å². The van der Waals surface area contributed by atoms with Gasteiger partial charge in [-0.05, 0) is 35.9 Å². The van der Waals surface area contributed by atoms with Crippen LogP contribution < -0.4 is 4.90 Å². The van der Waals surface area contributed by atoms with E-state index >= 15 is 0 Å². The molecule has 120 valence electrons. The molecule has 0 unspecified atom stereocenters. The highest BCUT2D eigenvalue weighted by molar-refractivity contribution is 6.02. The minimum absolute atomic E-state index is 0.282. The molecule has 0 saturated carbocycles. The van der Waals surface area contributed by atoms with E-state index < -0.39 is 0 Å². The Balaban J connectivity index is 2.43. The third-order valence-electron chi connectivity index (χ3n) is 3.81. The van der Waals surface area contributed by atoms with Crippen LogP contribution in [0.5, 0.6) is 0 Å². The van der Waals surface area contributed by atoms with Gasteiger partial charge < -0.3 is 4.90 Å². The van der Waals surface area contributed by atoms with Gasteiger partial charge in [-0.25, -0.2) is 9.37 Å². The van der Waals surface area contributed by atoms with Gasteiger partial charge in [0.05, 0.1) is 5.52 Å². The first kappa shape index (κ1) is 15.9. The smallest absolute Gasteiger partial charge is 0.142 e. The van der Waals surface area contributed by atoms with E-state index in [0.29, 0.717) is 0 Å². The minimum atomic E-state index is -0.282. The molecule has 0 fully saturated rings.